The lowest BCUT2D eigenvalue weighted by Gasteiger charge is -2.69. The predicted octanol–water partition coefficient (Wildman–Crippen LogP) is 7.20. The van der Waals surface area contributed by atoms with Gasteiger partial charge in [-0.3, -0.25) is 9.59 Å². The molecule has 0 aromatic rings. The van der Waals surface area contributed by atoms with Crippen molar-refractivity contribution in [3.8, 4) is 6.07 Å². The third kappa shape index (κ3) is 2.98. The molecule has 0 radical (unpaired) electrons. The Morgan fingerprint density at radius 2 is 1.67 bits per heavy atom. The van der Waals surface area contributed by atoms with Gasteiger partial charge in [-0.25, -0.2) is 0 Å². The molecule has 3 fully saturated rings. The number of nitrogens with zero attached hydrogens (tertiary/aromatic N) is 1. The molecular weight excluding hydrogens is 446 g/mol. The average molecular weight is 492 g/mol. The van der Waals surface area contributed by atoms with Gasteiger partial charge < -0.3 is 4.74 Å². The van der Waals surface area contributed by atoms with E-state index in [0.717, 1.165) is 51.4 Å². The summed E-state index contributed by atoms with van der Waals surface area (Å²) in [6.45, 7) is 16.1. The monoisotopic (exact) mass is 491 g/mol. The highest BCUT2D eigenvalue weighted by Crippen LogP contribution is 2.75. The SMILES string of the molecule is COC(=O)[C@]12CCC(C)(C)C[C@H]1[C@H]1CC=C3[C@@]4(C)C=C(C#N)C(=O)C(C)(C)[C@@H]4CC[C@@]3(C)[C@]1(C)CC2. The van der Waals surface area contributed by atoms with Gasteiger partial charge in [-0.2, -0.15) is 5.26 Å². The van der Waals surface area contributed by atoms with E-state index in [2.05, 4.69) is 60.6 Å². The fraction of sp³-hybridized carbons (Fsp3) is 0.781. The minimum absolute atomic E-state index is 0.00143. The molecule has 5 aliphatic carbocycles. The van der Waals surface area contributed by atoms with Gasteiger partial charge in [0.1, 0.15) is 6.07 Å². The first-order valence-electron chi connectivity index (χ1n) is 14.1. The number of hydrogen-bond donors (Lipinski definition) is 0. The predicted molar refractivity (Wildman–Crippen MR) is 141 cm³/mol. The molecule has 0 N–H and O–H groups in total. The number of methoxy groups -OCH3 is 1. The molecule has 0 unspecified atom stereocenters. The Kier molecular flexibility index (Phi) is 5.42. The van der Waals surface area contributed by atoms with E-state index in [-0.39, 0.29) is 44.7 Å². The summed E-state index contributed by atoms with van der Waals surface area (Å²) in [5.41, 5.74) is 0.835. The molecule has 5 aliphatic rings. The van der Waals surface area contributed by atoms with Crippen LogP contribution in [0.25, 0.3) is 0 Å². The van der Waals surface area contributed by atoms with Crippen molar-refractivity contribution in [2.75, 3.05) is 7.11 Å². The summed E-state index contributed by atoms with van der Waals surface area (Å²) in [4.78, 5) is 26.6. The number of fused-ring (bicyclic) bond motifs is 7. The molecule has 7 atom stereocenters. The van der Waals surface area contributed by atoms with Gasteiger partial charge in [0.2, 0.25) is 0 Å². The van der Waals surface area contributed by atoms with E-state index >= 15 is 0 Å². The summed E-state index contributed by atoms with van der Waals surface area (Å²) < 4.78 is 5.48. The molecule has 196 valence electrons. The van der Waals surface area contributed by atoms with Gasteiger partial charge in [-0.05, 0) is 85.4 Å². The highest BCUT2D eigenvalue weighted by molar-refractivity contribution is 6.04. The summed E-state index contributed by atoms with van der Waals surface area (Å²) in [6.07, 6.45) is 12.5. The van der Waals surface area contributed by atoms with Crippen LogP contribution in [0.5, 0.6) is 0 Å². The Balaban J connectivity index is 1.65. The Hall–Kier alpha value is -1.89. The van der Waals surface area contributed by atoms with Crippen LogP contribution in [-0.4, -0.2) is 18.9 Å². The number of Topliss-reactive ketones (excluding diaryl/α,β-unsaturated/α-hetero) is 1. The van der Waals surface area contributed by atoms with E-state index in [4.69, 9.17) is 4.74 Å². The van der Waals surface area contributed by atoms with Crippen molar-refractivity contribution in [1.82, 2.24) is 0 Å². The first kappa shape index (κ1) is 25.7. The normalized spacial score (nSPS) is 46.5. The number of ether oxygens (including phenoxy) is 1. The number of ketones is 1. The van der Waals surface area contributed by atoms with Crippen molar-refractivity contribution in [1.29, 1.82) is 5.26 Å². The lowest BCUT2D eigenvalue weighted by Crippen LogP contribution is -2.64. The molecule has 0 saturated heterocycles. The maximum absolute atomic E-state index is 13.4. The van der Waals surface area contributed by atoms with Crippen LogP contribution in [0, 0.1) is 61.6 Å². The number of allylic oxidation sites excluding steroid dienone is 4. The maximum Gasteiger partial charge on any atom is 0.312 e. The Bertz CT molecular complexity index is 1120. The minimum Gasteiger partial charge on any atom is -0.469 e. The van der Waals surface area contributed by atoms with Crippen molar-refractivity contribution in [2.24, 2.45) is 50.2 Å². The van der Waals surface area contributed by atoms with Crippen LogP contribution in [0.3, 0.4) is 0 Å². The van der Waals surface area contributed by atoms with Crippen LogP contribution in [0.2, 0.25) is 0 Å². The molecule has 4 heteroatoms. The van der Waals surface area contributed by atoms with Crippen molar-refractivity contribution < 1.29 is 14.3 Å². The first-order chi connectivity index (χ1) is 16.6. The topological polar surface area (TPSA) is 67.2 Å². The van der Waals surface area contributed by atoms with Crippen molar-refractivity contribution in [3.05, 3.63) is 23.3 Å². The standard InChI is InChI=1S/C32H45NO3/c1-27(2)13-15-32(26(35)36-8)16-14-30(6)21(22(32)18-27)9-10-24-29(5)17-20(19-33)25(34)28(3,4)23(29)11-12-31(24,30)7/h10,17,21-23H,9,11-16,18H2,1-8H3/t21-,22+,23+,29+,30-,31-,32+/m1/s1. The summed E-state index contributed by atoms with van der Waals surface area (Å²) in [5, 5.41) is 9.88. The molecule has 0 heterocycles. The fourth-order valence-electron chi connectivity index (χ4n) is 10.4. The lowest BCUT2D eigenvalue weighted by atomic mass is 9.34. The second-order valence-corrected chi connectivity index (χ2v) is 14.9. The van der Waals surface area contributed by atoms with E-state index in [9.17, 15) is 14.9 Å². The Labute approximate surface area is 217 Å². The molecule has 4 nitrogen and oxygen atoms in total. The van der Waals surface area contributed by atoms with Crippen molar-refractivity contribution in [3.63, 3.8) is 0 Å². The van der Waals surface area contributed by atoms with Gasteiger partial charge in [-0.1, -0.05) is 66.2 Å². The van der Waals surface area contributed by atoms with Gasteiger partial charge in [-0.15, -0.1) is 0 Å². The van der Waals surface area contributed by atoms with E-state index in [1.165, 1.54) is 5.57 Å². The zero-order chi connectivity index (χ0) is 26.5. The van der Waals surface area contributed by atoms with Crippen LogP contribution in [0.15, 0.2) is 23.3 Å². The van der Waals surface area contributed by atoms with Crippen LogP contribution in [0.1, 0.15) is 99.8 Å². The maximum atomic E-state index is 13.4. The quantitative estimate of drug-likeness (QED) is 0.287. The largest absolute Gasteiger partial charge is 0.469 e. The number of rotatable bonds is 1. The van der Waals surface area contributed by atoms with Crippen LogP contribution < -0.4 is 0 Å². The number of carbonyl (C=O) groups excluding carboxylic acids is 2. The van der Waals surface area contributed by atoms with Crippen LogP contribution in [-0.2, 0) is 14.3 Å². The van der Waals surface area contributed by atoms with Crippen molar-refractivity contribution >= 4 is 11.8 Å². The molecule has 0 aromatic heterocycles. The third-order valence-corrected chi connectivity index (χ3v) is 12.7. The molecular formula is C32H45NO3. The number of nitriles is 1. The van der Waals surface area contributed by atoms with Gasteiger partial charge in [0.05, 0.1) is 18.1 Å². The third-order valence-electron chi connectivity index (χ3n) is 12.7. The first-order valence-corrected chi connectivity index (χ1v) is 14.1. The average Bonchev–Trinajstić information content (AvgIpc) is 2.81. The Morgan fingerprint density at radius 3 is 2.31 bits per heavy atom. The summed E-state index contributed by atoms with van der Waals surface area (Å²) in [5.74, 6) is 0.954. The molecule has 0 amide bonds. The highest BCUT2D eigenvalue weighted by atomic mass is 16.5. The van der Waals surface area contributed by atoms with E-state index < -0.39 is 5.41 Å². The van der Waals surface area contributed by atoms with Gasteiger partial charge in [0, 0.05) is 10.8 Å². The molecule has 3 saturated carbocycles. The van der Waals surface area contributed by atoms with E-state index in [1.54, 1.807) is 7.11 Å². The molecule has 0 spiro atoms. The van der Waals surface area contributed by atoms with Crippen LogP contribution in [0.4, 0.5) is 0 Å². The van der Waals surface area contributed by atoms with Gasteiger partial charge in [0.25, 0.3) is 0 Å². The molecule has 0 aliphatic heterocycles. The lowest BCUT2D eigenvalue weighted by molar-refractivity contribution is -0.190. The van der Waals surface area contributed by atoms with Crippen LogP contribution >= 0.6 is 0 Å². The van der Waals surface area contributed by atoms with Gasteiger partial charge in [0.15, 0.2) is 5.78 Å². The zero-order valence-corrected chi connectivity index (χ0v) is 23.7. The zero-order valence-electron chi connectivity index (χ0n) is 23.7. The summed E-state index contributed by atoms with van der Waals surface area (Å²) in [7, 11) is 1.56. The molecule has 5 rings (SSSR count). The second kappa shape index (κ2) is 7.58. The molecule has 0 bridgehead atoms. The van der Waals surface area contributed by atoms with E-state index in [1.807, 2.05) is 6.08 Å². The number of esters is 1. The fourth-order valence-corrected chi connectivity index (χ4v) is 10.4. The van der Waals surface area contributed by atoms with Crippen molar-refractivity contribution in [2.45, 2.75) is 99.8 Å². The molecule has 36 heavy (non-hydrogen) atoms. The highest BCUT2D eigenvalue weighted by Gasteiger charge is 2.69. The Morgan fingerprint density at radius 1 is 1.00 bits per heavy atom. The second-order valence-electron chi connectivity index (χ2n) is 14.9. The van der Waals surface area contributed by atoms with Gasteiger partial charge >= 0.3 is 5.97 Å². The minimum atomic E-state index is -0.547. The smallest absolute Gasteiger partial charge is 0.312 e. The molecule has 0 aromatic carbocycles. The van der Waals surface area contributed by atoms with E-state index in [0.29, 0.717) is 17.4 Å². The number of hydrogen-bond acceptors (Lipinski definition) is 4. The number of carbonyl (C=O) groups is 2. The summed E-state index contributed by atoms with van der Waals surface area (Å²) >= 11 is 0. The summed E-state index contributed by atoms with van der Waals surface area (Å²) in [6, 6.07) is 2.24.